The van der Waals surface area contributed by atoms with Crippen LogP contribution in [0.4, 0.5) is 11.4 Å². The molecule has 6 heteroatoms. The van der Waals surface area contributed by atoms with Gasteiger partial charge in [0.25, 0.3) is 5.69 Å². The third-order valence-electron chi connectivity index (χ3n) is 3.57. The average molecular weight is 308 g/mol. The van der Waals surface area contributed by atoms with Crippen molar-refractivity contribution in [3.8, 4) is 0 Å². The third-order valence-corrected chi connectivity index (χ3v) is 3.57. The number of aromatic nitrogens is 2. The second-order valence-electron chi connectivity index (χ2n) is 5.24. The quantitative estimate of drug-likeness (QED) is 0.576. The lowest BCUT2D eigenvalue weighted by atomic mass is 10.1. The van der Waals surface area contributed by atoms with Gasteiger partial charge in [-0.1, -0.05) is 18.2 Å². The number of nitro groups is 1. The van der Waals surface area contributed by atoms with E-state index in [0.717, 1.165) is 28.9 Å². The number of benzene rings is 1. The van der Waals surface area contributed by atoms with Gasteiger partial charge in [-0.3, -0.25) is 15.1 Å². The van der Waals surface area contributed by atoms with E-state index < -0.39 is 4.92 Å². The van der Waals surface area contributed by atoms with Crippen LogP contribution in [0.15, 0.2) is 48.7 Å². The summed E-state index contributed by atoms with van der Waals surface area (Å²) in [5.74, 6) is 0. The SMILES string of the molecule is Cc1cc(NCCc2ccccn2)c2cccc([N+](=O)[O-])c2n1. The fourth-order valence-corrected chi connectivity index (χ4v) is 2.53. The van der Waals surface area contributed by atoms with Crippen molar-refractivity contribution >= 4 is 22.3 Å². The number of nitrogens with one attached hydrogen (secondary N) is 1. The van der Waals surface area contributed by atoms with E-state index in [9.17, 15) is 10.1 Å². The fraction of sp³-hybridized carbons (Fsp3) is 0.176. The molecule has 2 heterocycles. The van der Waals surface area contributed by atoms with Gasteiger partial charge in [0.05, 0.1) is 4.92 Å². The first-order valence-electron chi connectivity index (χ1n) is 7.33. The molecule has 6 nitrogen and oxygen atoms in total. The van der Waals surface area contributed by atoms with E-state index in [1.807, 2.05) is 37.3 Å². The maximum absolute atomic E-state index is 11.2. The molecule has 0 saturated heterocycles. The number of fused-ring (bicyclic) bond motifs is 1. The molecule has 0 unspecified atom stereocenters. The zero-order chi connectivity index (χ0) is 16.2. The molecular formula is C17H16N4O2. The van der Waals surface area contributed by atoms with Crippen LogP contribution in [0, 0.1) is 17.0 Å². The Morgan fingerprint density at radius 2 is 2.09 bits per heavy atom. The predicted octanol–water partition coefficient (Wildman–Crippen LogP) is 3.50. The first-order valence-corrected chi connectivity index (χ1v) is 7.33. The lowest BCUT2D eigenvalue weighted by Crippen LogP contribution is -2.07. The minimum atomic E-state index is -0.396. The first-order chi connectivity index (χ1) is 11.1. The van der Waals surface area contributed by atoms with Crippen molar-refractivity contribution in [1.82, 2.24) is 9.97 Å². The predicted molar refractivity (Wildman–Crippen MR) is 89.6 cm³/mol. The number of para-hydroxylation sites is 1. The van der Waals surface area contributed by atoms with E-state index in [-0.39, 0.29) is 5.69 Å². The summed E-state index contributed by atoms with van der Waals surface area (Å²) in [6, 6.07) is 12.7. The fourth-order valence-electron chi connectivity index (χ4n) is 2.53. The number of pyridine rings is 2. The van der Waals surface area contributed by atoms with Gasteiger partial charge in [0.2, 0.25) is 0 Å². The van der Waals surface area contributed by atoms with E-state index in [0.29, 0.717) is 12.1 Å². The van der Waals surface area contributed by atoms with Crippen molar-refractivity contribution in [2.75, 3.05) is 11.9 Å². The minimum Gasteiger partial charge on any atom is -0.384 e. The molecule has 116 valence electrons. The van der Waals surface area contributed by atoms with Gasteiger partial charge < -0.3 is 5.32 Å². The highest BCUT2D eigenvalue weighted by Gasteiger charge is 2.15. The van der Waals surface area contributed by atoms with Gasteiger partial charge in [0.15, 0.2) is 5.52 Å². The van der Waals surface area contributed by atoms with Crippen LogP contribution in [-0.2, 0) is 6.42 Å². The molecule has 3 aromatic rings. The number of nitro benzene ring substituents is 1. The van der Waals surface area contributed by atoms with Crippen molar-refractivity contribution in [1.29, 1.82) is 0 Å². The Bertz CT molecular complexity index is 850. The molecule has 0 amide bonds. The summed E-state index contributed by atoms with van der Waals surface area (Å²) < 4.78 is 0. The van der Waals surface area contributed by atoms with Gasteiger partial charge in [-0.2, -0.15) is 0 Å². The van der Waals surface area contributed by atoms with Gasteiger partial charge in [0, 0.05) is 47.7 Å². The monoisotopic (exact) mass is 308 g/mol. The normalized spacial score (nSPS) is 10.7. The highest BCUT2D eigenvalue weighted by Crippen LogP contribution is 2.29. The number of anilines is 1. The van der Waals surface area contributed by atoms with Crippen molar-refractivity contribution in [3.63, 3.8) is 0 Å². The molecule has 0 atom stereocenters. The van der Waals surface area contributed by atoms with E-state index in [1.54, 1.807) is 12.3 Å². The van der Waals surface area contributed by atoms with E-state index in [2.05, 4.69) is 15.3 Å². The molecule has 3 rings (SSSR count). The Kier molecular flexibility index (Phi) is 4.14. The number of nitrogens with zero attached hydrogens (tertiary/aromatic N) is 3. The molecule has 0 radical (unpaired) electrons. The second kappa shape index (κ2) is 6.39. The van der Waals surface area contributed by atoms with E-state index in [1.165, 1.54) is 6.07 Å². The topological polar surface area (TPSA) is 81.0 Å². The lowest BCUT2D eigenvalue weighted by Gasteiger charge is -2.10. The zero-order valence-corrected chi connectivity index (χ0v) is 12.7. The third kappa shape index (κ3) is 3.26. The van der Waals surface area contributed by atoms with Crippen LogP contribution in [0.25, 0.3) is 10.9 Å². The standard InChI is InChI=1S/C17H16N4O2/c1-12-11-15(19-10-8-13-5-2-3-9-18-13)14-6-4-7-16(21(22)23)17(14)20-12/h2-7,9,11H,8,10H2,1H3,(H,19,20). The summed E-state index contributed by atoms with van der Waals surface area (Å²) in [5.41, 5.74) is 3.04. The number of non-ortho nitro benzene ring substituents is 1. The first kappa shape index (κ1) is 14.9. The lowest BCUT2D eigenvalue weighted by molar-refractivity contribution is -0.383. The molecule has 0 saturated carbocycles. The van der Waals surface area contributed by atoms with Crippen LogP contribution >= 0.6 is 0 Å². The molecule has 1 N–H and O–H groups in total. The Balaban J connectivity index is 1.88. The van der Waals surface area contributed by atoms with Gasteiger partial charge in [-0.25, -0.2) is 4.98 Å². The summed E-state index contributed by atoms with van der Waals surface area (Å²) in [7, 11) is 0. The van der Waals surface area contributed by atoms with Crippen LogP contribution in [0.1, 0.15) is 11.4 Å². The van der Waals surface area contributed by atoms with Crippen molar-refractivity contribution < 1.29 is 4.92 Å². The van der Waals surface area contributed by atoms with Gasteiger partial charge in [0.1, 0.15) is 0 Å². The molecule has 1 aromatic carbocycles. The van der Waals surface area contributed by atoms with E-state index in [4.69, 9.17) is 0 Å². The van der Waals surface area contributed by atoms with E-state index >= 15 is 0 Å². The molecule has 0 aliphatic rings. The summed E-state index contributed by atoms with van der Waals surface area (Å²) in [4.78, 5) is 19.4. The molecule has 0 aliphatic carbocycles. The number of hydrogen-bond donors (Lipinski definition) is 1. The highest BCUT2D eigenvalue weighted by molar-refractivity contribution is 5.96. The second-order valence-corrected chi connectivity index (χ2v) is 5.24. The van der Waals surface area contributed by atoms with Crippen molar-refractivity contribution in [3.05, 3.63) is 70.2 Å². The molecule has 0 bridgehead atoms. The van der Waals surface area contributed by atoms with Gasteiger partial charge in [-0.15, -0.1) is 0 Å². The largest absolute Gasteiger partial charge is 0.384 e. The van der Waals surface area contributed by atoms with Crippen molar-refractivity contribution in [2.45, 2.75) is 13.3 Å². The van der Waals surface area contributed by atoms with Crippen LogP contribution in [0.5, 0.6) is 0 Å². The Hall–Kier alpha value is -3.02. The van der Waals surface area contributed by atoms with Gasteiger partial charge in [-0.05, 0) is 25.1 Å². The maximum Gasteiger partial charge on any atom is 0.295 e. The van der Waals surface area contributed by atoms with Crippen LogP contribution in [0.3, 0.4) is 0 Å². The highest BCUT2D eigenvalue weighted by atomic mass is 16.6. The molecule has 0 aliphatic heterocycles. The summed E-state index contributed by atoms with van der Waals surface area (Å²) in [6.45, 7) is 2.53. The maximum atomic E-state index is 11.2. The Morgan fingerprint density at radius 1 is 1.22 bits per heavy atom. The number of rotatable bonds is 5. The minimum absolute atomic E-state index is 0.0268. The average Bonchev–Trinajstić information content (AvgIpc) is 2.55. The summed E-state index contributed by atoms with van der Waals surface area (Å²) in [6.07, 6.45) is 2.54. The number of hydrogen-bond acceptors (Lipinski definition) is 5. The molecule has 0 spiro atoms. The smallest absolute Gasteiger partial charge is 0.295 e. The molecule has 2 aromatic heterocycles. The van der Waals surface area contributed by atoms with Crippen LogP contribution in [-0.4, -0.2) is 21.4 Å². The van der Waals surface area contributed by atoms with Crippen molar-refractivity contribution in [2.24, 2.45) is 0 Å². The number of aryl methyl sites for hydroxylation is 1. The Morgan fingerprint density at radius 3 is 2.83 bits per heavy atom. The van der Waals surface area contributed by atoms with Crippen LogP contribution < -0.4 is 5.32 Å². The molecule has 23 heavy (non-hydrogen) atoms. The summed E-state index contributed by atoms with van der Waals surface area (Å²) >= 11 is 0. The Labute approximate surface area is 133 Å². The summed E-state index contributed by atoms with van der Waals surface area (Å²) in [5, 5.41) is 15.3. The molecule has 0 fully saturated rings. The van der Waals surface area contributed by atoms with Crippen LogP contribution in [0.2, 0.25) is 0 Å². The van der Waals surface area contributed by atoms with Gasteiger partial charge >= 0.3 is 0 Å². The zero-order valence-electron chi connectivity index (χ0n) is 12.7. The molecular weight excluding hydrogens is 292 g/mol.